The molecule has 128 valence electrons. The van der Waals surface area contributed by atoms with Crippen LogP contribution in [-0.4, -0.2) is 12.5 Å². The molecular formula is C18H14F2N2O3. The molecule has 0 spiro atoms. The molecule has 0 aliphatic rings. The lowest BCUT2D eigenvalue weighted by molar-refractivity contribution is 0.101. The number of benzene rings is 2. The molecule has 7 heteroatoms. The number of hydrogen-bond donors (Lipinski definition) is 2. The van der Waals surface area contributed by atoms with E-state index in [1.54, 1.807) is 24.3 Å². The van der Waals surface area contributed by atoms with E-state index >= 15 is 0 Å². The largest absolute Gasteiger partial charge is 0.421 e. The van der Waals surface area contributed by atoms with E-state index in [4.69, 9.17) is 4.42 Å². The van der Waals surface area contributed by atoms with E-state index in [1.165, 1.54) is 0 Å². The van der Waals surface area contributed by atoms with Gasteiger partial charge < -0.3 is 15.1 Å². The molecule has 2 N–H and O–H groups in total. The van der Waals surface area contributed by atoms with Crippen molar-refractivity contribution < 1.29 is 18.0 Å². The number of rotatable bonds is 4. The predicted molar refractivity (Wildman–Crippen MR) is 91.0 cm³/mol. The molecule has 1 aromatic heterocycles. The first-order chi connectivity index (χ1) is 12.0. The highest BCUT2D eigenvalue weighted by molar-refractivity contribution is 6.08. The molecule has 0 radical (unpaired) electrons. The van der Waals surface area contributed by atoms with Crippen molar-refractivity contribution in [3.05, 3.63) is 70.1 Å². The Morgan fingerprint density at radius 2 is 1.72 bits per heavy atom. The van der Waals surface area contributed by atoms with Gasteiger partial charge in [0.15, 0.2) is 5.69 Å². The number of para-hydroxylation sites is 1. The van der Waals surface area contributed by atoms with Crippen LogP contribution in [0.5, 0.6) is 0 Å². The predicted octanol–water partition coefficient (Wildman–Crippen LogP) is 3.76. The van der Waals surface area contributed by atoms with Crippen LogP contribution >= 0.6 is 0 Å². The molecule has 0 saturated heterocycles. The van der Waals surface area contributed by atoms with E-state index in [0.29, 0.717) is 23.2 Å². The molecule has 25 heavy (non-hydrogen) atoms. The van der Waals surface area contributed by atoms with E-state index in [1.807, 2.05) is 6.92 Å². The van der Waals surface area contributed by atoms with Crippen LogP contribution in [-0.2, 0) is 0 Å². The van der Waals surface area contributed by atoms with Gasteiger partial charge in [0, 0.05) is 11.9 Å². The first kappa shape index (κ1) is 16.6. The summed E-state index contributed by atoms with van der Waals surface area (Å²) in [5, 5.41) is 5.81. The van der Waals surface area contributed by atoms with Gasteiger partial charge in [0.2, 0.25) is 0 Å². The van der Waals surface area contributed by atoms with Crippen LogP contribution in [0.3, 0.4) is 0 Å². The smallest absolute Gasteiger partial charge is 0.362 e. The van der Waals surface area contributed by atoms with Crippen LogP contribution in [0.4, 0.5) is 20.2 Å². The summed E-state index contributed by atoms with van der Waals surface area (Å²) in [6.07, 6.45) is 0. The van der Waals surface area contributed by atoms with Gasteiger partial charge in [0.05, 0.1) is 5.69 Å². The Kier molecular flexibility index (Phi) is 4.47. The quantitative estimate of drug-likeness (QED) is 0.707. The Balaban J connectivity index is 2.12. The minimum absolute atomic E-state index is 0.201. The van der Waals surface area contributed by atoms with Crippen LogP contribution in [0, 0.1) is 11.6 Å². The van der Waals surface area contributed by atoms with E-state index in [9.17, 15) is 18.4 Å². The second-order valence-electron chi connectivity index (χ2n) is 5.22. The molecule has 1 heterocycles. The molecular weight excluding hydrogens is 330 g/mol. The molecule has 0 bridgehead atoms. The average Bonchev–Trinajstić information content (AvgIpc) is 2.58. The number of carbonyl (C=O) groups excluding carboxylic acids is 1. The Hall–Kier alpha value is -3.22. The normalized spacial score (nSPS) is 10.7. The highest BCUT2D eigenvalue weighted by Crippen LogP contribution is 2.29. The second-order valence-corrected chi connectivity index (χ2v) is 5.22. The van der Waals surface area contributed by atoms with E-state index in [-0.39, 0.29) is 5.69 Å². The summed E-state index contributed by atoms with van der Waals surface area (Å²) < 4.78 is 32.8. The Labute approximate surface area is 141 Å². The number of amides is 1. The van der Waals surface area contributed by atoms with Crippen molar-refractivity contribution in [2.75, 3.05) is 17.2 Å². The molecule has 0 unspecified atom stereocenters. The SMILES string of the molecule is CCNc1c(NC(=O)c2c(F)cccc2F)c(=O)oc2ccccc12. The second kappa shape index (κ2) is 6.72. The molecule has 0 fully saturated rings. The lowest BCUT2D eigenvalue weighted by Gasteiger charge is -2.13. The zero-order chi connectivity index (χ0) is 18.0. The fourth-order valence-corrected chi connectivity index (χ4v) is 2.51. The third-order valence-electron chi connectivity index (χ3n) is 3.60. The summed E-state index contributed by atoms with van der Waals surface area (Å²) >= 11 is 0. The molecule has 3 aromatic rings. The minimum Gasteiger partial charge on any atom is -0.421 e. The fraction of sp³-hybridized carbons (Fsp3) is 0.111. The summed E-state index contributed by atoms with van der Waals surface area (Å²) in [5.74, 6) is -3.11. The van der Waals surface area contributed by atoms with Crippen LogP contribution in [0.15, 0.2) is 51.7 Å². The van der Waals surface area contributed by atoms with Crippen molar-refractivity contribution in [2.45, 2.75) is 6.92 Å². The molecule has 0 atom stereocenters. The van der Waals surface area contributed by atoms with Crippen molar-refractivity contribution in [3.8, 4) is 0 Å². The van der Waals surface area contributed by atoms with Crippen molar-refractivity contribution >= 4 is 28.3 Å². The molecule has 2 aromatic carbocycles. The Morgan fingerprint density at radius 3 is 2.40 bits per heavy atom. The summed E-state index contributed by atoms with van der Waals surface area (Å²) in [4.78, 5) is 24.6. The van der Waals surface area contributed by atoms with Gasteiger partial charge in [-0.2, -0.15) is 0 Å². The Bertz CT molecular complexity index is 995. The van der Waals surface area contributed by atoms with Gasteiger partial charge in [0.25, 0.3) is 5.91 Å². The van der Waals surface area contributed by atoms with Gasteiger partial charge in [-0.3, -0.25) is 4.79 Å². The maximum atomic E-state index is 13.8. The van der Waals surface area contributed by atoms with Crippen molar-refractivity contribution in [2.24, 2.45) is 0 Å². The maximum Gasteiger partial charge on any atom is 0.362 e. The van der Waals surface area contributed by atoms with Crippen molar-refractivity contribution in [1.29, 1.82) is 0 Å². The first-order valence-corrected chi connectivity index (χ1v) is 7.58. The molecule has 0 aliphatic carbocycles. The maximum absolute atomic E-state index is 13.8. The van der Waals surface area contributed by atoms with Crippen molar-refractivity contribution in [3.63, 3.8) is 0 Å². The van der Waals surface area contributed by atoms with Gasteiger partial charge in [-0.1, -0.05) is 18.2 Å². The van der Waals surface area contributed by atoms with Crippen molar-refractivity contribution in [1.82, 2.24) is 0 Å². The lowest BCUT2D eigenvalue weighted by Crippen LogP contribution is -2.22. The lowest BCUT2D eigenvalue weighted by atomic mass is 10.1. The molecule has 0 saturated carbocycles. The molecule has 0 aliphatic heterocycles. The van der Waals surface area contributed by atoms with Gasteiger partial charge >= 0.3 is 5.63 Å². The minimum atomic E-state index is -1.07. The van der Waals surface area contributed by atoms with Gasteiger partial charge in [-0.25, -0.2) is 13.6 Å². The van der Waals surface area contributed by atoms with Gasteiger partial charge in [-0.05, 0) is 31.2 Å². The summed E-state index contributed by atoms with van der Waals surface area (Å²) in [6, 6.07) is 9.84. The zero-order valence-corrected chi connectivity index (χ0v) is 13.2. The first-order valence-electron chi connectivity index (χ1n) is 7.58. The Morgan fingerprint density at radius 1 is 1.04 bits per heavy atom. The average molecular weight is 344 g/mol. The van der Waals surface area contributed by atoms with Gasteiger partial charge in [0.1, 0.15) is 22.8 Å². The monoisotopic (exact) mass is 344 g/mol. The number of nitrogens with one attached hydrogen (secondary N) is 2. The summed E-state index contributed by atoms with van der Waals surface area (Å²) in [7, 11) is 0. The highest BCUT2D eigenvalue weighted by atomic mass is 19.1. The van der Waals surface area contributed by atoms with E-state index in [0.717, 1.165) is 18.2 Å². The highest BCUT2D eigenvalue weighted by Gasteiger charge is 2.21. The fourth-order valence-electron chi connectivity index (χ4n) is 2.51. The van der Waals surface area contributed by atoms with E-state index < -0.39 is 28.7 Å². The molecule has 3 rings (SSSR count). The van der Waals surface area contributed by atoms with Gasteiger partial charge in [-0.15, -0.1) is 0 Å². The summed E-state index contributed by atoms with van der Waals surface area (Å²) in [5.41, 5.74) is -1.12. The number of anilines is 2. The standard InChI is InChI=1S/C18H14F2N2O3/c1-2-21-15-10-6-3-4-9-13(10)25-18(24)16(15)22-17(23)14-11(19)7-5-8-12(14)20/h3-9,21H,2H2,1H3,(H,22,23). The number of halogens is 2. The van der Waals surface area contributed by atoms with Crippen LogP contribution in [0.2, 0.25) is 0 Å². The molecule has 5 nitrogen and oxygen atoms in total. The number of carbonyl (C=O) groups is 1. The number of hydrogen-bond acceptors (Lipinski definition) is 4. The van der Waals surface area contributed by atoms with Crippen LogP contribution < -0.4 is 16.3 Å². The third-order valence-corrected chi connectivity index (χ3v) is 3.60. The van der Waals surface area contributed by atoms with Crippen LogP contribution in [0.1, 0.15) is 17.3 Å². The zero-order valence-electron chi connectivity index (χ0n) is 13.2. The number of fused-ring (bicyclic) bond motifs is 1. The summed E-state index contributed by atoms with van der Waals surface area (Å²) in [6.45, 7) is 2.27. The van der Waals surface area contributed by atoms with E-state index in [2.05, 4.69) is 10.6 Å². The molecule has 1 amide bonds. The van der Waals surface area contributed by atoms with Crippen LogP contribution in [0.25, 0.3) is 11.0 Å². The third kappa shape index (κ3) is 3.08. The topological polar surface area (TPSA) is 71.3 Å².